The predicted molar refractivity (Wildman–Crippen MR) is 307 cm³/mol. The number of hydrogen-bond acceptors (Lipinski definition) is 6. The van der Waals surface area contributed by atoms with Gasteiger partial charge in [0, 0.05) is 19.3 Å². The van der Waals surface area contributed by atoms with E-state index in [0.717, 1.165) is 96.3 Å². The van der Waals surface area contributed by atoms with Gasteiger partial charge in [-0.3, -0.25) is 14.4 Å². The second-order valence-electron chi connectivity index (χ2n) is 19.5. The van der Waals surface area contributed by atoms with E-state index in [4.69, 9.17) is 14.2 Å². The molecule has 0 fully saturated rings. The minimum atomic E-state index is -0.804. The Morgan fingerprint density at radius 1 is 0.296 bits per heavy atom. The average molecular weight is 988 g/mol. The third kappa shape index (κ3) is 57.1. The van der Waals surface area contributed by atoms with Crippen LogP contribution in [0.3, 0.4) is 0 Å². The quantitative estimate of drug-likeness (QED) is 0.0261. The van der Waals surface area contributed by atoms with E-state index in [1.165, 1.54) is 135 Å². The zero-order chi connectivity index (χ0) is 51.4. The van der Waals surface area contributed by atoms with Gasteiger partial charge in [0.1, 0.15) is 13.2 Å². The largest absolute Gasteiger partial charge is 0.462 e. The zero-order valence-electron chi connectivity index (χ0n) is 46.5. The van der Waals surface area contributed by atoms with Gasteiger partial charge in [0.2, 0.25) is 0 Å². The number of rotatable bonds is 53. The van der Waals surface area contributed by atoms with E-state index in [2.05, 4.69) is 118 Å². The summed E-state index contributed by atoms with van der Waals surface area (Å²) in [6, 6.07) is 0. The molecule has 1 unspecified atom stereocenters. The molecule has 0 bridgehead atoms. The number of esters is 3. The minimum absolute atomic E-state index is 0.0982. The summed E-state index contributed by atoms with van der Waals surface area (Å²) in [6.07, 6.45) is 78.3. The van der Waals surface area contributed by atoms with Gasteiger partial charge in [0.05, 0.1) is 0 Å². The highest BCUT2D eigenvalue weighted by molar-refractivity contribution is 5.71. The number of unbranched alkanes of at least 4 members (excludes halogenated alkanes) is 26. The van der Waals surface area contributed by atoms with Gasteiger partial charge >= 0.3 is 17.9 Å². The van der Waals surface area contributed by atoms with Crippen LogP contribution in [0.25, 0.3) is 0 Å². The van der Waals surface area contributed by atoms with Crippen molar-refractivity contribution < 1.29 is 28.6 Å². The second-order valence-corrected chi connectivity index (χ2v) is 19.5. The van der Waals surface area contributed by atoms with Gasteiger partial charge in [0.25, 0.3) is 0 Å². The van der Waals surface area contributed by atoms with Crippen molar-refractivity contribution in [3.63, 3.8) is 0 Å². The van der Waals surface area contributed by atoms with E-state index in [0.29, 0.717) is 19.3 Å². The van der Waals surface area contributed by atoms with Gasteiger partial charge in [-0.05, 0) is 96.3 Å². The first-order chi connectivity index (χ1) is 35.0. The highest BCUT2D eigenvalue weighted by Crippen LogP contribution is 2.16. The van der Waals surface area contributed by atoms with Crippen molar-refractivity contribution in [3.8, 4) is 0 Å². The first-order valence-corrected chi connectivity index (χ1v) is 29.7. The van der Waals surface area contributed by atoms with Crippen molar-refractivity contribution in [1.29, 1.82) is 0 Å². The third-order valence-electron chi connectivity index (χ3n) is 12.6. The monoisotopic (exact) mass is 987 g/mol. The van der Waals surface area contributed by atoms with Crippen molar-refractivity contribution in [3.05, 3.63) is 97.2 Å². The first-order valence-electron chi connectivity index (χ1n) is 29.7. The van der Waals surface area contributed by atoms with E-state index in [9.17, 15) is 14.4 Å². The van der Waals surface area contributed by atoms with E-state index in [1.54, 1.807) is 0 Å². The number of ether oxygens (including phenoxy) is 3. The molecule has 406 valence electrons. The standard InChI is InChI=1S/C65H110O6/c1-4-7-10-13-16-19-22-25-27-29-30-31-32-33-34-36-37-40-43-46-49-52-55-58-64(67)70-61-62(60-69-63(66)57-54-51-48-45-42-39-24-21-18-15-12-9-6-3)71-65(68)59-56-53-50-47-44-41-38-35-28-26-23-20-17-14-11-8-5-2/h7,10,16,19,21,24-25,27,30-31,33-34,37,40,46,49,62H,4-6,8-9,11-15,17-18,20,22-23,26,28-29,32,35-36,38-39,41-45,47-48,50-61H2,1-3H3/b10-7-,19-16-,24-21-,27-25-,31-30-,34-33-,40-37-,49-46-. The summed E-state index contributed by atoms with van der Waals surface area (Å²) in [4.78, 5) is 38.2. The van der Waals surface area contributed by atoms with Crippen molar-refractivity contribution in [2.75, 3.05) is 13.2 Å². The fraction of sp³-hybridized carbons (Fsp3) is 0.708. The Morgan fingerprint density at radius 3 is 0.944 bits per heavy atom. The normalized spacial score (nSPS) is 12.8. The lowest BCUT2D eigenvalue weighted by Crippen LogP contribution is -2.30. The lowest BCUT2D eigenvalue weighted by Gasteiger charge is -2.18. The molecule has 0 amide bonds. The second kappa shape index (κ2) is 58.9. The third-order valence-corrected chi connectivity index (χ3v) is 12.6. The summed E-state index contributed by atoms with van der Waals surface area (Å²) in [7, 11) is 0. The van der Waals surface area contributed by atoms with Gasteiger partial charge in [-0.1, -0.05) is 259 Å². The Bertz CT molecular complexity index is 1410. The Hall–Kier alpha value is -3.67. The van der Waals surface area contributed by atoms with Gasteiger partial charge in [0.15, 0.2) is 6.10 Å². The molecule has 0 aromatic carbocycles. The molecular weight excluding hydrogens is 877 g/mol. The van der Waals surface area contributed by atoms with Gasteiger partial charge in [-0.15, -0.1) is 0 Å². The molecule has 0 aliphatic carbocycles. The molecule has 6 heteroatoms. The topological polar surface area (TPSA) is 78.9 Å². The van der Waals surface area contributed by atoms with Crippen molar-refractivity contribution in [2.45, 2.75) is 284 Å². The number of hydrogen-bond donors (Lipinski definition) is 0. The summed E-state index contributed by atoms with van der Waals surface area (Å²) in [6.45, 7) is 6.47. The lowest BCUT2D eigenvalue weighted by molar-refractivity contribution is -0.167. The molecule has 0 aliphatic rings. The van der Waals surface area contributed by atoms with Crippen LogP contribution >= 0.6 is 0 Å². The molecule has 0 saturated heterocycles. The predicted octanol–water partition coefficient (Wildman–Crippen LogP) is 20.1. The molecule has 1 atom stereocenters. The molecule has 0 N–H and O–H groups in total. The lowest BCUT2D eigenvalue weighted by atomic mass is 10.0. The Morgan fingerprint density at radius 2 is 0.563 bits per heavy atom. The van der Waals surface area contributed by atoms with Crippen molar-refractivity contribution in [2.24, 2.45) is 0 Å². The maximum Gasteiger partial charge on any atom is 0.306 e. The van der Waals surface area contributed by atoms with E-state index in [1.807, 2.05) is 0 Å². The SMILES string of the molecule is CC/C=C\C/C=C\C/C=C\C/C=C\C/C=C\C/C=C\C/C=C\CCCC(=O)OCC(COC(=O)CCCCCCC/C=C\CCCCCC)OC(=O)CCCCCCCCCCCCCCCCCCC. The molecule has 0 rings (SSSR count). The Balaban J connectivity index is 4.46. The fourth-order valence-corrected chi connectivity index (χ4v) is 8.13. The van der Waals surface area contributed by atoms with Crippen LogP contribution in [0.15, 0.2) is 97.2 Å². The van der Waals surface area contributed by atoms with Crippen molar-refractivity contribution in [1.82, 2.24) is 0 Å². The molecule has 0 heterocycles. The van der Waals surface area contributed by atoms with E-state index < -0.39 is 6.10 Å². The summed E-state index contributed by atoms with van der Waals surface area (Å²) in [5, 5.41) is 0. The summed E-state index contributed by atoms with van der Waals surface area (Å²) < 4.78 is 16.8. The van der Waals surface area contributed by atoms with Crippen LogP contribution in [-0.2, 0) is 28.6 Å². The summed E-state index contributed by atoms with van der Waals surface area (Å²) >= 11 is 0. The molecule has 71 heavy (non-hydrogen) atoms. The first kappa shape index (κ1) is 67.3. The van der Waals surface area contributed by atoms with Crippen LogP contribution in [0.4, 0.5) is 0 Å². The number of allylic oxidation sites excluding steroid dienone is 16. The van der Waals surface area contributed by atoms with E-state index in [-0.39, 0.29) is 37.5 Å². The Labute approximate surface area is 438 Å². The van der Waals surface area contributed by atoms with Crippen LogP contribution in [0.2, 0.25) is 0 Å². The maximum atomic E-state index is 12.9. The highest BCUT2D eigenvalue weighted by atomic mass is 16.6. The fourth-order valence-electron chi connectivity index (χ4n) is 8.13. The summed E-state index contributed by atoms with van der Waals surface area (Å²) in [5.74, 6) is -0.961. The van der Waals surface area contributed by atoms with Crippen LogP contribution in [0.1, 0.15) is 278 Å². The van der Waals surface area contributed by atoms with Crippen LogP contribution in [0.5, 0.6) is 0 Å². The summed E-state index contributed by atoms with van der Waals surface area (Å²) in [5.41, 5.74) is 0. The average Bonchev–Trinajstić information content (AvgIpc) is 3.37. The molecule has 0 spiro atoms. The number of carbonyl (C=O) groups is 3. The molecule has 0 radical (unpaired) electrons. The van der Waals surface area contributed by atoms with E-state index >= 15 is 0 Å². The highest BCUT2D eigenvalue weighted by Gasteiger charge is 2.19. The number of carbonyl (C=O) groups excluding carboxylic acids is 3. The smallest absolute Gasteiger partial charge is 0.306 e. The van der Waals surface area contributed by atoms with Crippen LogP contribution in [0, 0.1) is 0 Å². The van der Waals surface area contributed by atoms with Crippen molar-refractivity contribution >= 4 is 17.9 Å². The van der Waals surface area contributed by atoms with Crippen LogP contribution < -0.4 is 0 Å². The van der Waals surface area contributed by atoms with Gasteiger partial charge in [-0.2, -0.15) is 0 Å². The zero-order valence-corrected chi connectivity index (χ0v) is 46.5. The molecule has 6 nitrogen and oxygen atoms in total. The van der Waals surface area contributed by atoms with Gasteiger partial charge in [-0.25, -0.2) is 0 Å². The van der Waals surface area contributed by atoms with Crippen LogP contribution in [-0.4, -0.2) is 37.2 Å². The molecular formula is C65H110O6. The molecule has 0 saturated carbocycles. The molecule has 0 aliphatic heterocycles. The van der Waals surface area contributed by atoms with Gasteiger partial charge < -0.3 is 14.2 Å². The Kier molecular flexibility index (Phi) is 55.9. The maximum absolute atomic E-state index is 12.9. The minimum Gasteiger partial charge on any atom is -0.462 e. The molecule has 0 aromatic rings. The molecule has 0 aromatic heterocycles.